The fraction of sp³-hybridized carbons (Fsp3) is 0.429. The Bertz CT molecular complexity index is 352. The largest absolute Gasteiger partial charge is 0.502 e. The maximum atomic E-state index is 13.3. The number of thioether (sulfide) groups is 1. The summed E-state index contributed by atoms with van der Waals surface area (Å²) in [6.45, 7) is 3.77. The lowest BCUT2D eigenvalue weighted by atomic mass is 10.2. The Hall–Kier alpha value is -0.960. The second-order valence-corrected chi connectivity index (χ2v) is 4.97. The van der Waals surface area contributed by atoms with Gasteiger partial charge in [-0.05, 0) is 30.7 Å². The van der Waals surface area contributed by atoms with Crippen molar-refractivity contribution in [1.82, 2.24) is 0 Å². The van der Waals surface area contributed by atoms with Gasteiger partial charge in [-0.2, -0.15) is 0 Å². The summed E-state index contributed by atoms with van der Waals surface area (Å²) in [6.07, 6.45) is 4.23. The van der Waals surface area contributed by atoms with Crippen molar-refractivity contribution >= 4 is 11.8 Å². The molecule has 0 saturated carbocycles. The Labute approximate surface area is 107 Å². The fourth-order valence-corrected chi connectivity index (χ4v) is 2.40. The number of hydrogen-bond donors (Lipinski definition) is 0. The predicted octanol–water partition coefficient (Wildman–Crippen LogP) is 4.64. The Morgan fingerprint density at radius 3 is 2.76 bits per heavy atom. The smallest absolute Gasteiger partial charge is 0.136 e. The van der Waals surface area contributed by atoms with Crippen molar-refractivity contribution in [3.63, 3.8) is 0 Å². The highest BCUT2D eigenvalue weighted by atomic mass is 32.2. The molecule has 0 bridgehead atoms. The van der Waals surface area contributed by atoms with E-state index >= 15 is 0 Å². The summed E-state index contributed by atoms with van der Waals surface area (Å²) in [5, 5.41) is 0. The minimum absolute atomic E-state index is 0.120. The highest BCUT2D eigenvalue weighted by Gasteiger charge is 2.00. The molecule has 0 heterocycles. The number of rotatable bonds is 8. The topological polar surface area (TPSA) is 9.23 Å². The van der Waals surface area contributed by atoms with E-state index < -0.39 is 0 Å². The second kappa shape index (κ2) is 8.18. The van der Waals surface area contributed by atoms with Crippen molar-refractivity contribution in [2.24, 2.45) is 0 Å². The quantitative estimate of drug-likeness (QED) is 0.380. The monoisotopic (exact) mass is 254 g/mol. The molecule has 94 valence electrons. The molecular formula is C14H19FOS. The van der Waals surface area contributed by atoms with E-state index in [1.165, 1.54) is 6.07 Å². The standard InChI is InChI=1S/C14H19FOS/c1-12(16-2)8-4-3-7-11-17-14-10-6-5-9-13(14)15/h5-6,9-10H,1,3-4,7-8,11H2,2H3. The lowest BCUT2D eigenvalue weighted by molar-refractivity contribution is 0.276. The van der Waals surface area contributed by atoms with Crippen LogP contribution in [0, 0.1) is 5.82 Å². The highest BCUT2D eigenvalue weighted by molar-refractivity contribution is 7.99. The molecule has 0 aliphatic heterocycles. The van der Waals surface area contributed by atoms with Crippen LogP contribution in [0.1, 0.15) is 25.7 Å². The van der Waals surface area contributed by atoms with Crippen LogP contribution in [-0.4, -0.2) is 12.9 Å². The van der Waals surface area contributed by atoms with Gasteiger partial charge in [0.25, 0.3) is 0 Å². The first-order valence-electron chi connectivity index (χ1n) is 5.83. The molecule has 1 aromatic carbocycles. The number of unbranched alkanes of at least 4 members (excludes halogenated alkanes) is 2. The van der Waals surface area contributed by atoms with E-state index in [1.54, 1.807) is 24.9 Å². The normalized spacial score (nSPS) is 10.2. The van der Waals surface area contributed by atoms with Crippen molar-refractivity contribution in [2.45, 2.75) is 30.6 Å². The summed E-state index contributed by atoms with van der Waals surface area (Å²) in [5.74, 6) is 1.68. The second-order valence-electron chi connectivity index (χ2n) is 3.83. The maximum Gasteiger partial charge on any atom is 0.136 e. The third kappa shape index (κ3) is 5.78. The van der Waals surface area contributed by atoms with Crippen LogP contribution in [-0.2, 0) is 4.74 Å². The molecule has 0 fully saturated rings. The molecule has 17 heavy (non-hydrogen) atoms. The maximum absolute atomic E-state index is 13.3. The first-order valence-corrected chi connectivity index (χ1v) is 6.81. The third-order valence-corrected chi connectivity index (χ3v) is 3.62. The lowest BCUT2D eigenvalue weighted by Gasteiger charge is -2.04. The zero-order valence-electron chi connectivity index (χ0n) is 10.2. The molecule has 3 heteroatoms. The molecule has 0 amide bonds. The first kappa shape index (κ1) is 14.1. The number of ether oxygens (including phenoxy) is 1. The van der Waals surface area contributed by atoms with Crippen LogP contribution < -0.4 is 0 Å². The van der Waals surface area contributed by atoms with E-state index in [9.17, 15) is 4.39 Å². The van der Waals surface area contributed by atoms with Gasteiger partial charge in [-0.25, -0.2) is 4.39 Å². The summed E-state index contributed by atoms with van der Waals surface area (Å²) in [7, 11) is 1.65. The van der Waals surface area contributed by atoms with Gasteiger partial charge in [0.15, 0.2) is 0 Å². The van der Waals surface area contributed by atoms with Crippen LogP contribution in [0.15, 0.2) is 41.5 Å². The first-order chi connectivity index (χ1) is 8.24. The van der Waals surface area contributed by atoms with Gasteiger partial charge in [0.1, 0.15) is 5.82 Å². The molecule has 0 aliphatic rings. The Morgan fingerprint density at radius 2 is 2.06 bits per heavy atom. The third-order valence-electron chi connectivity index (χ3n) is 2.48. The SMILES string of the molecule is C=C(CCCCCSc1ccccc1F)OC. The van der Waals surface area contributed by atoms with Gasteiger partial charge >= 0.3 is 0 Å². The van der Waals surface area contributed by atoms with Gasteiger partial charge in [-0.1, -0.05) is 25.1 Å². The highest BCUT2D eigenvalue weighted by Crippen LogP contribution is 2.22. The van der Waals surface area contributed by atoms with E-state index in [1.807, 2.05) is 12.1 Å². The molecule has 0 spiro atoms. The number of allylic oxidation sites excluding steroid dienone is 1. The number of methoxy groups -OCH3 is 1. The summed E-state index contributed by atoms with van der Waals surface area (Å²) in [4.78, 5) is 0.744. The summed E-state index contributed by atoms with van der Waals surface area (Å²) >= 11 is 1.58. The molecule has 0 saturated heterocycles. The lowest BCUT2D eigenvalue weighted by Crippen LogP contribution is -1.87. The molecule has 0 N–H and O–H groups in total. The van der Waals surface area contributed by atoms with Gasteiger partial charge in [-0.15, -0.1) is 11.8 Å². The van der Waals surface area contributed by atoms with Gasteiger partial charge in [0, 0.05) is 11.3 Å². The van der Waals surface area contributed by atoms with Crippen molar-refractivity contribution < 1.29 is 9.13 Å². The zero-order valence-corrected chi connectivity index (χ0v) is 11.1. The summed E-state index contributed by atoms with van der Waals surface area (Å²) in [6, 6.07) is 6.92. The zero-order chi connectivity index (χ0) is 12.5. The number of benzene rings is 1. The van der Waals surface area contributed by atoms with Crippen LogP contribution in [0.4, 0.5) is 4.39 Å². The van der Waals surface area contributed by atoms with Crippen molar-refractivity contribution in [3.8, 4) is 0 Å². The minimum atomic E-state index is -0.120. The van der Waals surface area contributed by atoms with Crippen molar-refractivity contribution in [3.05, 3.63) is 42.4 Å². The molecule has 1 rings (SSSR count). The summed E-state index contributed by atoms with van der Waals surface area (Å²) in [5.41, 5.74) is 0. The van der Waals surface area contributed by atoms with Crippen molar-refractivity contribution in [1.29, 1.82) is 0 Å². The Balaban J connectivity index is 2.09. The molecule has 0 radical (unpaired) electrons. The van der Waals surface area contributed by atoms with Crippen LogP contribution >= 0.6 is 11.8 Å². The van der Waals surface area contributed by atoms with Gasteiger partial charge in [0.2, 0.25) is 0 Å². The molecule has 1 nitrogen and oxygen atoms in total. The van der Waals surface area contributed by atoms with Crippen molar-refractivity contribution in [2.75, 3.05) is 12.9 Å². The van der Waals surface area contributed by atoms with Crippen LogP contribution in [0.2, 0.25) is 0 Å². The molecule has 0 atom stereocenters. The molecular weight excluding hydrogens is 235 g/mol. The van der Waals surface area contributed by atoms with Crippen LogP contribution in [0.25, 0.3) is 0 Å². The average molecular weight is 254 g/mol. The van der Waals surface area contributed by atoms with E-state index in [-0.39, 0.29) is 5.82 Å². The van der Waals surface area contributed by atoms with Crippen LogP contribution in [0.3, 0.4) is 0 Å². The van der Waals surface area contributed by atoms with E-state index in [2.05, 4.69) is 6.58 Å². The van der Waals surface area contributed by atoms with Crippen LogP contribution in [0.5, 0.6) is 0 Å². The van der Waals surface area contributed by atoms with E-state index in [4.69, 9.17) is 4.74 Å². The Morgan fingerprint density at radius 1 is 1.29 bits per heavy atom. The number of hydrogen-bond acceptors (Lipinski definition) is 2. The minimum Gasteiger partial charge on any atom is -0.502 e. The molecule has 0 unspecified atom stereocenters. The average Bonchev–Trinajstić information content (AvgIpc) is 2.35. The van der Waals surface area contributed by atoms with E-state index in [0.29, 0.717) is 0 Å². The molecule has 1 aromatic rings. The fourth-order valence-electron chi connectivity index (χ4n) is 1.45. The van der Waals surface area contributed by atoms with Gasteiger partial charge < -0.3 is 4.74 Å². The van der Waals surface area contributed by atoms with E-state index in [0.717, 1.165) is 42.1 Å². The number of halogens is 1. The molecule has 0 aliphatic carbocycles. The van der Waals surface area contributed by atoms with Gasteiger partial charge in [-0.3, -0.25) is 0 Å². The Kier molecular flexibility index (Phi) is 6.78. The predicted molar refractivity (Wildman–Crippen MR) is 71.7 cm³/mol. The molecule has 0 aromatic heterocycles. The van der Waals surface area contributed by atoms with Gasteiger partial charge in [0.05, 0.1) is 12.9 Å². The summed E-state index contributed by atoms with van der Waals surface area (Å²) < 4.78 is 18.3.